The molecule has 6 atom stereocenters. The highest BCUT2D eigenvalue weighted by Gasteiger charge is 2.67. The number of rotatable bonds is 9. The molecule has 0 aromatic heterocycles. The van der Waals surface area contributed by atoms with Crippen LogP contribution in [0.1, 0.15) is 48.4 Å². The smallest absolute Gasteiger partial charge is 0.269 e. The topological polar surface area (TPSA) is 154 Å². The summed E-state index contributed by atoms with van der Waals surface area (Å²) in [6.45, 7) is 5.76. The molecule has 1 spiro atoms. The Morgan fingerprint density at radius 3 is 2.52 bits per heavy atom. The van der Waals surface area contributed by atoms with Gasteiger partial charge >= 0.3 is 0 Å². The standard InChI is InChI=1S/C38H44FN5O7Si/c1-23-35(52(2,3)39)33(19-34(46)42-21-26-8-5-4-7-25(26)17-29(42)22-45)51-38(23)30-18-28(44(49)50)14-15-32(30)43(37(38)48)20-24-10-12-27(13-11-24)41-36(47)31-9-6-16-40-31/h4-5,7-8,10-15,18,23,29,31,33,35,40,45H,6,9,16-17,19-22H2,1-3H3,(H,41,47)/t23-,29+,31-,33+,35-,38+/m1/s1. The molecule has 2 fully saturated rings. The number of nitro groups is 1. The van der Waals surface area contributed by atoms with Crippen molar-refractivity contribution in [2.75, 3.05) is 23.4 Å². The van der Waals surface area contributed by atoms with Gasteiger partial charge in [0, 0.05) is 41.4 Å². The van der Waals surface area contributed by atoms with E-state index in [1.54, 1.807) is 36.1 Å². The third kappa shape index (κ3) is 6.31. The van der Waals surface area contributed by atoms with Gasteiger partial charge < -0.3 is 34.4 Å². The number of carbonyl (C=O) groups excluding carboxylic acids is 3. The van der Waals surface area contributed by atoms with Crippen molar-refractivity contribution in [2.45, 2.75) is 88.1 Å². The number of halogens is 1. The molecule has 4 aliphatic rings. The Kier molecular flexibility index (Phi) is 9.53. The Bertz CT molecular complexity index is 1900. The van der Waals surface area contributed by atoms with E-state index in [0.717, 1.165) is 36.1 Å². The monoisotopic (exact) mass is 729 g/mol. The summed E-state index contributed by atoms with van der Waals surface area (Å²) in [6.07, 6.45) is 0.993. The van der Waals surface area contributed by atoms with E-state index in [1.807, 2.05) is 24.3 Å². The first-order chi connectivity index (χ1) is 24.8. The molecule has 274 valence electrons. The minimum atomic E-state index is -3.64. The zero-order valence-electron chi connectivity index (χ0n) is 29.5. The fraction of sp³-hybridized carbons (Fsp3) is 0.447. The van der Waals surface area contributed by atoms with Gasteiger partial charge in [-0.15, -0.1) is 0 Å². The number of benzene rings is 3. The number of hydrogen-bond acceptors (Lipinski definition) is 8. The van der Waals surface area contributed by atoms with Crippen LogP contribution in [0.2, 0.25) is 18.6 Å². The zero-order chi connectivity index (χ0) is 36.9. The number of amides is 3. The minimum Gasteiger partial charge on any atom is -0.394 e. The second-order valence-corrected chi connectivity index (χ2v) is 18.8. The molecule has 0 bridgehead atoms. The molecule has 12 nitrogen and oxygen atoms in total. The molecule has 3 aromatic rings. The molecular weight excluding hydrogens is 686 g/mol. The van der Waals surface area contributed by atoms with Crippen LogP contribution in [0.25, 0.3) is 0 Å². The normalized spacial score (nSPS) is 26.8. The van der Waals surface area contributed by atoms with Gasteiger partial charge in [0.2, 0.25) is 20.2 Å². The van der Waals surface area contributed by atoms with E-state index in [0.29, 0.717) is 17.8 Å². The number of hydrogen-bond donors (Lipinski definition) is 3. The molecule has 0 radical (unpaired) electrons. The van der Waals surface area contributed by atoms with Gasteiger partial charge in [-0.1, -0.05) is 43.3 Å². The van der Waals surface area contributed by atoms with E-state index in [4.69, 9.17) is 4.74 Å². The van der Waals surface area contributed by atoms with Crippen LogP contribution in [0, 0.1) is 16.0 Å². The summed E-state index contributed by atoms with van der Waals surface area (Å²) in [4.78, 5) is 56.1. The fourth-order valence-corrected chi connectivity index (χ4v) is 11.3. The summed E-state index contributed by atoms with van der Waals surface area (Å²) >= 11 is 0. The van der Waals surface area contributed by atoms with Crippen molar-refractivity contribution in [2.24, 2.45) is 5.92 Å². The summed E-state index contributed by atoms with van der Waals surface area (Å²) in [5.74, 6) is -1.65. The van der Waals surface area contributed by atoms with Crippen molar-refractivity contribution in [1.82, 2.24) is 10.2 Å². The second kappa shape index (κ2) is 13.8. The number of nitro benzene ring substituents is 1. The maximum absolute atomic E-state index is 16.5. The average Bonchev–Trinajstić information content (AvgIpc) is 3.82. The maximum atomic E-state index is 16.5. The lowest BCUT2D eigenvalue weighted by atomic mass is 9.82. The number of aliphatic hydroxyl groups is 1. The number of fused-ring (bicyclic) bond motifs is 3. The van der Waals surface area contributed by atoms with E-state index < -0.39 is 48.4 Å². The molecule has 3 N–H and O–H groups in total. The van der Waals surface area contributed by atoms with Crippen LogP contribution in [0.4, 0.5) is 21.2 Å². The molecule has 52 heavy (non-hydrogen) atoms. The van der Waals surface area contributed by atoms with Crippen molar-refractivity contribution < 1.29 is 33.3 Å². The van der Waals surface area contributed by atoms with E-state index in [1.165, 1.54) is 36.2 Å². The number of aliphatic hydroxyl groups excluding tert-OH is 1. The zero-order valence-corrected chi connectivity index (χ0v) is 30.5. The summed E-state index contributed by atoms with van der Waals surface area (Å²) in [6, 6.07) is 18.4. The summed E-state index contributed by atoms with van der Waals surface area (Å²) in [5.41, 5.74) is 1.29. The van der Waals surface area contributed by atoms with Gasteiger partial charge in [-0.2, -0.15) is 0 Å². The molecule has 7 rings (SSSR count). The van der Waals surface area contributed by atoms with Crippen LogP contribution in [0.3, 0.4) is 0 Å². The first-order valence-electron chi connectivity index (χ1n) is 17.9. The molecule has 0 unspecified atom stereocenters. The first-order valence-corrected chi connectivity index (χ1v) is 20.8. The van der Waals surface area contributed by atoms with Gasteiger partial charge in [0.25, 0.3) is 11.6 Å². The molecule has 14 heteroatoms. The van der Waals surface area contributed by atoms with Crippen molar-refractivity contribution in [1.29, 1.82) is 0 Å². The lowest BCUT2D eigenvalue weighted by Crippen LogP contribution is -2.48. The molecule has 2 saturated heterocycles. The van der Waals surface area contributed by atoms with Crippen molar-refractivity contribution in [3.63, 3.8) is 0 Å². The highest BCUT2D eigenvalue weighted by Crippen LogP contribution is 2.60. The lowest BCUT2D eigenvalue weighted by Gasteiger charge is -2.37. The molecular formula is C38H44FN5O7Si. The fourth-order valence-electron chi connectivity index (χ4n) is 8.85. The van der Waals surface area contributed by atoms with Crippen LogP contribution in [0.5, 0.6) is 0 Å². The van der Waals surface area contributed by atoms with Gasteiger partial charge in [-0.05, 0) is 73.8 Å². The SMILES string of the molecule is C[C@@H]1[C@@H]([Si](C)(C)F)[C@H](CC(=O)N2Cc3ccccc3C[C@H]2CO)O[C@@]12C(=O)N(Cc1ccc(NC(=O)[C@H]3CCCN3)cc1)c1ccc([N+](=O)[O-])cc12. The molecule has 4 heterocycles. The average molecular weight is 730 g/mol. The Balaban J connectivity index is 1.19. The number of ether oxygens (including phenoxy) is 1. The van der Waals surface area contributed by atoms with Gasteiger partial charge in [-0.25, -0.2) is 0 Å². The Morgan fingerprint density at radius 1 is 1.13 bits per heavy atom. The maximum Gasteiger partial charge on any atom is 0.269 e. The number of carbonyl (C=O) groups is 3. The van der Waals surface area contributed by atoms with Crippen LogP contribution < -0.4 is 15.5 Å². The molecule has 3 aromatic carbocycles. The van der Waals surface area contributed by atoms with Gasteiger partial charge in [-0.3, -0.25) is 24.5 Å². The lowest BCUT2D eigenvalue weighted by molar-refractivity contribution is -0.385. The third-order valence-corrected chi connectivity index (χ3v) is 13.8. The third-order valence-electron chi connectivity index (χ3n) is 11.4. The Labute approximate surface area is 302 Å². The molecule has 3 amide bonds. The van der Waals surface area contributed by atoms with Gasteiger partial charge in [0.1, 0.15) is 0 Å². The Hall–Kier alpha value is -4.50. The van der Waals surface area contributed by atoms with E-state index in [-0.39, 0.29) is 55.2 Å². The Morgan fingerprint density at radius 2 is 1.87 bits per heavy atom. The van der Waals surface area contributed by atoms with Crippen LogP contribution in [-0.2, 0) is 44.2 Å². The van der Waals surface area contributed by atoms with Crippen molar-refractivity contribution in [3.8, 4) is 0 Å². The number of nitrogens with zero attached hydrogens (tertiary/aromatic N) is 3. The molecule has 0 saturated carbocycles. The number of anilines is 2. The van der Waals surface area contributed by atoms with Crippen LogP contribution in [0.15, 0.2) is 66.7 Å². The predicted molar refractivity (Wildman–Crippen MR) is 195 cm³/mol. The second-order valence-electron chi connectivity index (χ2n) is 15.0. The van der Waals surface area contributed by atoms with Crippen LogP contribution in [-0.4, -0.2) is 72.4 Å². The van der Waals surface area contributed by atoms with E-state index in [2.05, 4.69) is 10.6 Å². The minimum absolute atomic E-state index is 0.0932. The summed E-state index contributed by atoms with van der Waals surface area (Å²) < 4.78 is 23.2. The summed E-state index contributed by atoms with van der Waals surface area (Å²) in [5, 5.41) is 28.3. The molecule has 4 aliphatic heterocycles. The highest BCUT2D eigenvalue weighted by atomic mass is 28.4. The van der Waals surface area contributed by atoms with Gasteiger partial charge in [0.15, 0.2) is 5.60 Å². The predicted octanol–water partition coefficient (Wildman–Crippen LogP) is 4.94. The molecule has 0 aliphatic carbocycles. The number of nitrogens with one attached hydrogen (secondary N) is 2. The largest absolute Gasteiger partial charge is 0.394 e. The highest BCUT2D eigenvalue weighted by molar-refractivity contribution is 6.72. The van der Waals surface area contributed by atoms with Gasteiger partial charge in [0.05, 0.1) is 48.4 Å². The van der Waals surface area contributed by atoms with Crippen molar-refractivity contribution >= 4 is 43.2 Å². The quantitative estimate of drug-likeness (QED) is 0.121. The van der Waals surface area contributed by atoms with E-state index in [9.17, 15) is 29.6 Å². The van der Waals surface area contributed by atoms with Crippen LogP contribution >= 0.6 is 0 Å². The summed E-state index contributed by atoms with van der Waals surface area (Å²) in [7, 11) is -3.64. The first kappa shape index (κ1) is 35.9. The van der Waals surface area contributed by atoms with E-state index >= 15 is 4.11 Å². The number of non-ortho nitro benzene ring substituents is 1. The van der Waals surface area contributed by atoms with Crippen molar-refractivity contribution in [3.05, 3.63) is 99.1 Å².